The van der Waals surface area contributed by atoms with E-state index in [1.54, 1.807) is 7.11 Å². The number of ether oxygens (including phenoxy) is 1. The maximum atomic E-state index is 9.57. The zero-order valence-corrected chi connectivity index (χ0v) is 11.7. The molecule has 0 heterocycles. The summed E-state index contributed by atoms with van der Waals surface area (Å²) in [4.78, 5) is 0. The van der Waals surface area contributed by atoms with Crippen LogP contribution in [0.5, 0.6) is 5.75 Å². The maximum absolute atomic E-state index is 9.57. The zero-order chi connectivity index (χ0) is 13.2. The Kier molecular flexibility index (Phi) is 3.96. The van der Waals surface area contributed by atoms with Crippen molar-refractivity contribution in [2.75, 3.05) is 13.7 Å². The second-order valence-corrected chi connectivity index (χ2v) is 5.98. The van der Waals surface area contributed by atoms with Gasteiger partial charge in [-0.1, -0.05) is 38.8 Å². The van der Waals surface area contributed by atoms with Crippen LogP contribution in [-0.4, -0.2) is 18.8 Å². The molecule has 0 unspecified atom stereocenters. The molecule has 2 rings (SSSR count). The Labute approximate surface area is 110 Å². The molecular formula is C16H24O2. The largest absolute Gasteiger partial charge is 0.496 e. The van der Waals surface area contributed by atoms with Gasteiger partial charge in [0.1, 0.15) is 5.75 Å². The Morgan fingerprint density at radius 3 is 2.50 bits per heavy atom. The van der Waals surface area contributed by atoms with Gasteiger partial charge in [0.15, 0.2) is 0 Å². The summed E-state index contributed by atoms with van der Waals surface area (Å²) in [7, 11) is 1.70. The van der Waals surface area contributed by atoms with Crippen LogP contribution in [0.3, 0.4) is 0 Å². The summed E-state index contributed by atoms with van der Waals surface area (Å²) in [6.45, 7) is 4.25. The molecule has 1 aromatic carbocycles. The van der Waals surface area contributed by atoms with Gasteiger partial charge in [0, 0.05) is 11.0 Å². The minimum atomic E-state index is -0.250. The summed E-state index contributed by atoms with van der Waals surface area (Å²) in [6, 6.07) is 6.48. The van der Waals surface area contributed by atoms with Gasteiger partial charge in [0.25, 0.3) is 0 Å². The Balaban J connectivity index is 2.38. The molecule has 0 aliphatic heterocycles. The summed E-state index contributed by atoms with van der Waals surface area (Å²) in [5, 5.41) is 9.57. The molecule has 0 aromatic heterocycles. The molecule has 2 heteroatoms. The van der Waals surface area contributed by atoms with E-state index in [4.69, 9.17) is 4.74 Å². The molecule has 1 saturated carbocycles. The van der Waals surface area contributed by atoms with Gasteiger partial charge in [-0.3, -0.25) is 0 Å². The smallest absolute Gasteiger partial charge is 0.122 e. The first-order valence-corrected chi connectivity index (χ1v) is 6.88. The summed E-state index contributed by atoms with van der Waals surface area (Å²) >= 11 is 0. The number of benzene rings is 1. The first-order valence-electron chi connectivity index (χ1n) is 6.88. The molecular weight excluding hydrogens is 224 g/mol. The third kappa shape index (κ3) is 2.54. The van der Waals surface area contributed by atoms with Crippen molar-refractivity contribution < 1.29 is 9.84 Å². The molecule has 1 aromatic rings. The zero-order valence-electron chi connectivity index (χ0n) is 11.7. The molecule has 18 heavy (non-hydrogen) atoms. The van der Waals surface area contributed by atoms with Gasteiger partial charge in [-0.2, -0.15) is 0 Å². The van der Waals surface area contributed by atoms with Crippen LogP contribution in [0.4, 0.5) is 0 Å². The van der Waals surface area contributed by atoms with Crippen LogP contribution in [0.2, 0.25) is 0 Å². The topological polar surface area (TPSA) is 29.5 Å². The van der Waals surface area contributed by atoms with Crippen LogP contribution in [-0.2, 0) is 5.41 Å². The van der Waals surface area contributed by atoms with E-state index in [0.29, 0.717) is 5.92 Å². The number of hydrogen-bond donors (Lipinski definition) is 1. The summed E-state index contributed by atoms with van der Waals surface area (Å²) in [5.41, 5.74) is 2.28. The predicted octanol–water partition coefficient (Wildman–Crippen LogP) is 3.62. The maximum Gasteiger partial charge on any atom is 0.122 e. The highest BCUT2D eigenvalue weighted by Gasteiger charge is 2.26. The van der Waals surface area contributed by atoms with E-state index in [1.807, 2.05) is 0 Å². The molecule has 1 fully saturated rings. The highest BCUT2D eigenvalue weighted by molar-refractivity contribution is 5.43. The lowest BCUT2D eigenvalue weighted by atomic mass is 9.82. The standard InChI is InChI=1S/C16H24O2/c1-16(2,11-17)14-10-13(8-9-15(14)18-3)12-6-4-5-7-12/h8-10,12,17H,4-7,11H2,1-3H3. The van der Waals surface area contributed by atoms with Gasteiger partial charge >= 0.3 is 0 Å². The minimum absolute atomic E-state index is 0.136. The van der Waals surface area contributed by atoms with E-state index in [-0.39, 0.29) is 12.0 Å². The Hall–Kier alpha value is -1.02. The number of hydrogen-bond acceptors (Lipinski definition) is 2. The number of aliphatic hydroxyl groups excluding tert-OH is 1. The number of aliphatic hydroxyl groups is 1. The van der Waals surface area contributed by atoms with Gasteiger partial charge in [-0.25, -0.2) is 0 Å². The van der Waals surface area contributed by atoms with E-state index in [1.165, 1.54) is 31.2 Å². The highest BCUT2D eigenvalue weighted by atomic mass is 16.5. The van der Waals surface area contributed by atoms with E-state index in [0.717, 1.165) is 11.3 Å². The molecule has 1 aliphatic carbocycles. The van der Waals surface area contributed by atoms with Crippen molar-refractivity contribution >= 4 is 0 Å². The third-order valence-corrected chi connectivity index (χ3v) is 4.17. The number of rotatable bonds is 4. The summed E-state index contributed by atoms with van der Waals surface area (Å²) < 4.78 is 5.44. The quantitative estimate of drug-likeness (QED) is 0.881. The fraction of sp³-hybridized carbons (Fsp3) is 0.625. The van der Waals surface area contributed by atoms with Gasteiger partial charge in [0.2, 0.25) is 0 Å². The average Bonchev–Trinajstić information content (AvgIpc) is 2.92. The molecule has 1 N–H and O–H groups in total. The molecule has 1 aliphatic rings. The molecule has 0 bridgehead atoms. The van der Waals surface area contributed by atoms with Crippen molar-refractivity contribution in [3.8, 4) is 5.75 Å². The van der Waals surface area contributed by atoms with Crippen LogP contribution in [0.15, 0.2) is 18.2 Å². The lowest BCUT2D eigenvalue weighted by Crippen LogP contribution is -2.23. The summed E-state index contributed by atoms with van der Waals surface area (Å²) in [6.07, 6.45) is 5.28. The van der Waals surface area contributed by atoms with Crippen molar-refractivity contribution in [2.45, 2.75) is 50.9 Å². The Morgan fingerprint density at radius 2 is 1.94 bits per heavy atom. The fourth-order valence-corrected chi connectivity index (χ4v) is 2.85. The molecule has 2 nitrogen and oxygen atoms in total. The summed E-state index contributed by atoms with van der Waals surface area (Å²) in [5.74, 6) is 1.58. The van der Waals surface area contributed by atoms with Crippen molar-refractivity contribution in [1.82, 2.24) is 0 Å². The van der Waals surface area contributed by atoms with Crippen molar-refractivity contribution in [3.63, 3.8) is 0 Å². The first kappa shape index (κ1) is 13.4. The SMILES string of the molecule is COc1ccc(C2CCCC2)cc1C(C)(C)CO. The van der Waals surface area contributed by atoms with Gasteiger partial charge < -0.3 is 9.84 Å². The molecule has 0 radical (unpaired) electrons. The van der Waals surface area contributed by atoms with E-state index >= 15 is 0 Å². The Morgan fingerprint density at radius 1 is 1.28 bits per heavy atom. The monoisotopic (exact) mass is 248 g/mol. The second-order valence-electron chi connectivity index (χ2n) is 5.98. The first-order chi connectivity index (χ1) is 8.58. The van der Waals surface area contributed by atoms with Gasteiger partial charge in [-0.05, 0) is 30.4 Å². The van der Waals surface area contributed by atoms with Gasteiger partial charge in [-0.15, -0.1) is 0 Å². The predicted molar refractivity (Wildman–Crippen MR) is 74.3 cm³/mol. The molecule has 0 spiro atoms. The van der Waals surface area contributed by atoms with Crippen LogP contribution in [0, 0.1) is 0 Å². The van der Waals surface area contributed by atoms with E-state index < -0.39 is 0 Å². The van der Waals surface area contributed by atoms with Crippen molar-refractivity contribution in [2.24, 2.45) is 0 Å². The van der Waals surface area contributed by atoms with Gasteiger partial charge in [0.05, 0.1) is 13.7 Å². The number of methoxy groups -OCH3 is 1. The molecule has 100 valence electrons. The highest BCUT2D eigenvalue weighted by Crippen LogP contribution is 2.38. The normalized spacial score (nSPS) is 17.1. The fourth-order valence-electron chi connectivity index (χ4n) is 2.85. The average molecular weight is 248 g/mol. The minimum Gasteiger partial charge on any atom is -0.496 e. The molecule has 0 amide bonds. The van der Waals surface area contributed by atoms with Crippen LogP contribution >= 0.6 is 0 Å². The second kappa shape index (κ2) is 5.31. The van der Waals surface area contributed by atoms with Crippen molar-refractivity contribution in [1.29, 1.82) is 0 Å². The van der Waals surface area contributed by atoms with E-state index in [2.05, 4.69) is 32.0 Å². The Bertz CT molecular complexity index is 404. The lowest BCUT2D eigenvalue weighted by Gasteiger charge is -2.26. The molecule has 0 saturated heterocycles. The molecule has 0 atom stereocenters. The van der Waals surface area contributed by atoms with Crippen molar-refractivity contribution in [3.05, 3.63) is 29.3 Å². The van der Waals surface area contributed by atoms with Crippen LogP contribution < -0.4 is 4.74 Å². The van der Waals surface area contributed by atoms with Crippen LogP contribution in [0.25, 0.3) is 0 Å². The lowest BCUT2D eigenvalue weighted by molar-refractivity contribution is 0.214. The third-order valence-electron chi connectivity index (χ3n) is 4.17. The van der Waals surface area contributed by atoms with Crippen LogP contribution in [0.1, 0.15) is 56.6 Å². The van der Waals surface area contributed by atoms with E-state index in [9.17, 15) is 5.11 Å².